The Balaban J connectivity index is 1.89. The molecular weight excluding hydrogens is 313 g/mol. The summed E-state index contributed by atoms with van der Waals surface area (Å²) >= 11 is 1.76. The number of thiophene rings is 1. The summed E-state index contributed by atoms with van der Waals surface area (Å²) in [5.74, 6) is 0.472. The average molecular weight is 335 g/mol. The van der Waals surface area contributed by atoms with Gasteiger partial charge >= 0.3 is 0 Å². The standard InChI is InChI=1S/C17H22FN3OS/c1-12-4-6-15(23-12)10-21-17(19-2)20-9-13-5-7-16(18)14(8-13)11-22-3/h4-8H,9-11H2,1-3H3,(H2,19,20,21). The number of methoxy groups -OCH3 is 1. The largest absolute Gasteiger partial charge is 0.380 e. The van der Waals surface area contributed by atoms with Gasteiger partial charge in [-0.3, -0.25) is 4.99 Å². The minimum Gasteiger partial charge on any atom is -0.380 e. The van der Waals surface area contributed by atoms with Crippen molar-refractivity contribution in [3.8, 4) is 0 Å². The van der Waals surface area contributed by atoms with Crippen molar-refractivity contribution < 1.29 is 9.13 Å². The molecule has 0 aliphatic heterocycles. The predicted molar refractivity (Wildman–Crippen MR) is 93.2 cm³/mol. The van der Waals surface area contributed by atoms with Crippen LogP contribution in [0.2, 0.25) is 0 Å². The molecule has 1 aromatic carbocycles. The second kappa shape index (κ2) is 8.64. The lowest BCUT2D eigenvalue weighted by atomic mass is 10.1. The number of benzene rings is 1. The zero-order chi connectivity index (χ0) is 16.7. The molecule has 0 unspecified atom stereocenters. The molecule has 2 rings (SSSR count). The summed E-state index contributed by atoms with van der Waals surface area (Å²) in [7, 11) is 3.29. The molecule has 0 spiro atoms. The van der Waals surface area contributed by atoms with Gasteiger partial charge < -0.3 is 15.4 Å². The van der Waals surface area contributed by atoms with Crippen LogP contribution in [0.5, 0.6) is 0 Å². The Morgan fingerprint density at radius 3 is 2.65 bits per heavy atom. The van der Waals surface area contributed by atoms with E-state index in [0.717, 1.165) is 12.1 Å². The molecule has 0 bridgehead atoms. The van der Waals surface area contributed by atoms with Crippen LogP contribution in [0.25, 0.3) is 0 Å². The number of halogens is 1. The van der Waals surface area contributed by atoms with Crippen molar-refractivity contribution in [2.45, 2.75) is 26.6 Å². The Labute approximate surface area is 140 Å². The van der Waals surface area contributed by atoms with Crippen LogP contribution in [-0.2, 0) is 24.4 Å². The summed E-state index contributed by atoms with van der Waals surface area (Å²) in [5, 5.41) is 6.50. The van der Waals surface area contributed by atoms with Gasteiger partial charge in [-0.1, -0.05) is 6.07 Å². The Bertz CT molecular complexity index is 670. The fourth-order valence-corrected chi connectivity index (χ4v) is 2.99. The first-order valence-electron chi connectivity index (χ1n) is 7.38. The first-order valence-corrected chi connectivity index (χ1v) is 8.20. The third kappa shape index (κ3) is 5.33. The maximum atomic E-state index is 13.6. The molecule has 0 fully saturated rings. The van der Waals surface area contributed by atoms with Gasteiger partial charge in [-0.2, -0.15) is 0 Å². The first-order chi connectivity index (χ1) is 11.1. The van der Waals surface area contributed by atoms with Crippen molar-refractivity contribution in [2.75, 3.05) is 14.2 Å². The Kier molecular flexibility index (Phi) is 6.55. The van der Waals surface area contributed by atoms with Gasteiger partial charge in [-0.25, -0.2) is 4.39 Å². The third-order valence-electron chi connectivity index (χ3n) is 3.32. The van der Waals surface area contributed by atoms with E-state index in [1.54, 1.807) is 31.6 Å². The summed E-state index contributed by atoms with van der Waals surface area (Å²) in [4.78, 5) is 6.75. The van der Waals surface area contributed by atoms with Crippen molar-refractivity contribution in [1.82, 2.24) is 10.6 Å². The maximum Gasteiger partial charge on any atom is 0.191 e. The van der Waals surface area contributed by atoms with E-state index in [1.165, 1.54) is 15.8 Å². The number of aryl methyl sites for hydroxylation is 1. The quantitative estimate of drug-likeness (QED) is 0.629. The number of guanidine groups is 1. The third-order valence-corrected chi connectivity index (χ3v) is 4.32. The topological polar surface area (TPSA) is 45.7 Å². The Hall–Kier alpha value is -1.92. The van der Waals surface area contributed by atoms with Crippen LogP contribution in [0.3, 0.4) is 0 Å². The molecule has 6 heteroatoms. The molecule has 0 saturated carbocycles. The predicted octanol–water partition coefficient (Wildman–Crippen LogP) is 3.21. The molecule has 0 saturated heterocycles. The molecule has 2 N–H and O–H groups in total. The molecule has 1 heterocycles. The van der Waals surface area contributed by atoms with Crippen LogP contribution >= 0.6 is 11.3 Å². The van der Waals surface area contributed by atoms with E-state index < -0.39 is 0 Å². The Morgan fingerprint density at radius 2 is 2.00 bits per heavy atom. The summed E-state index contributed by atoms with van der Waals surface area (Å²) in [6.07, 6.45) is 0. The number of hydrogen-bond donors (Lipinski definition) is 2. The highest BCUT2D eigenvalue weighted by atomic mass is 32.1. The maximum absolute atomic E-state index is 13.6. The van der Waals surface area contributed by atoms with Crippen molar-refractivity contribution in [3.63, 3.8) is 0 Å². The van der Waals surface area contributed by atoms with Crippen LogP contribution < -0.4 is 10.6 Å². The van der Waals surface area contributed by atoms with Gasteiger partial charge in [0.1, 0.15) is 5.82 Å². The summed E-state index contributed by atoms with van der Waals surface area (Å²) in [6, 6.07) is 9.25. The van der Waals surface area contributed by atoms with Gasteiger partial charge in [0.15, 0.2) is 5.96 Å². The zero-order valence-corrected chi connectivity index (χ0v) is 14.5. The lowest BCUT2D eigenvalue weighted by Gasteiger charge is -2.12. The minimum atomic E-state index is -0.244. The molecule has 0 atom stereocenters. The highest BCUT2D eigenvalue weighted by molar-refractivity contribution is 7.11. The van der Waals surface area contributed by atoms with E-state index >= 15 is 0 Å². The van der Waals surface area contributed by atoms with Gasteiger partial charge in [0.05, 0.1) is 13.2 Å². The van der Waals surface area contributed by atoms with Gasteiger partial charge in [0.2, 0.25) is 0 Å². The molecule has 0 aliphatic rings. The van der Waals surface area contributed by atoms with Crippen molar-refractivity contribution >= 4 is 17.3 Å². The molecule has 0 radical (unpaired) electrons. The van der Waals surface area contributed by atoms with Crippen LogP contribution in [0.4, 0.5) is 4.39 Å². The van der Waals surface area contributed by atoms with Gasteiger partial charge in [0, 0.05) is 36.0 Å². The van der Waals surface area contributed by atoms with E-state index in [9.17, 15) is 4.39 Å². The van der Waals surface area contributed by atoms with Crippen molar-refractivity contribution in [1.29, 1.82) is 0 Å². The Morgan fingerprint density at radius 1 is 1.22 bits per heavy atom. The smallest absolute Gasteiger partial charge is 0.191 e. The number of ether oxygens (including phenoxy) is 1. The van der Waals surface area contributed by atoms with E-state index in [4.69, 9.17) is 4.74 Å². The molecule has 124 valence electrons. The van der Waals surface area contributed by atoms with Crippen molar-refractivity contribution in [2.24, 2.45) is 4.99 Å². The number of aliphatic imine (C=N–C) groups is 1. The van der Waals surface area contributed by atoms with Crippen LogP contribution in [0.15, 0.2) is 35.3 Å². The lowest BCUT2D eigenvalue weighted by molar-refractivity contribution is 0.181. The second-order valence-corrected chi connectivity index (χ2v) is 6.52. The first kappa shape index (κ1) is 17.4. The second-order valence-electron chi connectivity index (χ2n) is 5.15. The number of hydrogen-bond acceptors (Lipinski definition) is 3. The highest BCUT2D eigenvalue weighted by Gasteiger charge is 2.05. The van der Waals surface area contributed by atoms with E-state index in [-0.39, 0.29) is 12.4 Å². The SMILES string of the molecule is CN=C(NCc1ccc(F)c(COC)c1)NCc1ccc(C)s1. The zero-order valence-electron chi connectivity index (χ0n) is 13.6. The molecule has 23 heavy (non-hydrogen) atoms. The van der Waals surface area contributed by atoms with Crippen LogP contribution in [0, 0.1) is 12.7 Å². The normalized spacial score (nSPS) is 11.6. The lowest BCUT2D eigenvalue weighted by Crippen LogP contribution is -2.36. The fourth-order valence-electron chi connectivity index (χ4n) is 2.16. The summed E-state index contributed by atoms with van der Waals surface area (Å²) < 4.78 is 18.6. The van der Waals surface area contributed by atoms with Crippen LogP contribution in [0.1, 0.15) is 20.9 Å². The molecule has 0 amide bonds. The monoisotopic (exact) mass is 335 g/mol. The van der Waals surface area contributed by atoms with Gasteiger partial charge in [-0.15, -0.1) is 11.3 Å². The molecule has 2 aromatic rings. The number of nitrogens with one attached hydrogen (secondary N) is 2. The molecule has 0 aliphatic carbocycles. The number of nitrogens with zero attached hydrogens (tertiary/aromatic N) is 1. The fraction of sp³-hybridized carbons (Fsp3) is 0.353. The van der Waals surface area contributed by atoms with Crippen molar-refractivity contribution in [3.05, 3.63) is 57.0 Å². The summed E-state index contributed by atoms with van der Waals surface area (Å²) in [5.41, 5.74) is 1.54. The van der Waals surface area contributed by atoms with E-state index in [0.29, 0.717) is 18.1 Å². The van der Waals surface area contributed by atoms with Crippen LogP contribution in [-0.4, -0.2) is 20.1 Å². The molecule has 4 nitrogen and oxygen atoms in total. The van der Waals surface area contributed by atoms with E-state index in [1.807, 2.05) is 6.07 Å². The summed E-state index contributed by atoms with van der Waals surface area (Å²) in [6.45, 7) is 3.66. The average Bonchev–Trinajstić information content (AvgIpc) is 2.96. The highest BCUT2D eigenvalue weighted by Crippen LogP contribution is 2.14. The molecule has 1 aromatic heterocycles. The van der Waals surface area contributed by atoms with Gasteiger partial charge in [-0.05, 0) is 36.8 Å². The van der Waals surface area contributed by atoms with E-state index in [2.05, 4.69) is 34.7 Å². The minimum absolute atomic E-state index is 0.244. The molecular formula is C17H22FN3OS. The number of rotatable bonds is 6. The van der Waals surface area contributed by atoms with Gasteiger partial charge in [0.25, 0.3) is 0 Å².